The molecule has 0 amide bonds. The minimum atomic E-state index is -3.31. The Hall–Kier alpha value is 0.180. The summed E-state index contributed by atoms with van der Waals surface area (Å²) in [5.41, 5.74) is 0. The van der Waals surface area contributed by atoms with Gasteiger partial charge in [0.1, 0.15) is 0 Å². The summed E-state index contributed by atoms with van der Waals surface area (Å²) in [6, 6.07) is 0.584. The molecule has 7 heteroatoms. The van der Waals surface area contributed by atoms with E-state index in [-0.39, 0.29) is 6.04 Å². The van der Waals surface area contributed by atoms with Gasteiger partial charge in [-0.15, -0.1) is 0 Å². The lowest BCUT2D eigenvalue weighted by Gasteiger charge is -2.34. The number of piperidine rings is 1. The van der Waals surface area contributed by atoms with E-state index in [9.17, 15) is 8.42 Å². The molecular weight excluding hydrogens is 306 g/mol. The molecule has 21 heavy (non-hydrogen) atoms. The molecule has 0 radical (unpaired) electrons. The van der Waals surface area contributed by atoms with Crippen molar-refractivity contribution >= 4 is 22.0 Å². The molecule has 1 atom stereocenters. The van der Waals surface area contributed by atoms with Gasteiger partial charge in [0.15, 0.2) is 0 Å². The van der Waals surface area contributed by atoms with Gasteiger partial charge in [-0.1, -0.05) is 13.8 Å². The van der Waals surface area contributed by atoms with E-state index in [1.165, 1.54) is 0 Å². The van der Waals surface area contributed by atoms with Crippen molar-refractivity contribution in [3.05, 3.63) is 0 Å². The zero-order chi connectivity index (χ0) is 15.3. The Morgan fingerprint density at radius 1 is 1.24 bits per heavy atom. The van der Waals surface area contributed by atoms with Crippen LogP contribution in [0.1, 0.15) is 39.5 Å². The van der Waals surface area contributed by atoms with Crippen LogP contribution in [0, 0.1) is 5.92 Å². The molecule has 2 aliphatic rings. The van der Waals surface area contributed by atoms with E-state index in [1.54, 1.807) is 4.31 Å². The van der Waals surface area contributed by atoms with Crippen molar-refractivity contribution in [3.8, 4) is 0 Å². The molecule has 2 rings (SSSR count). The third kappa shape index (κ3) is 5.71. The smallest absolute Gasteiger partial charge is 0.279 e. The van der Waals surface area contributed by atoms with E-state index in [0.717, 1.165) is 43.7 Å². The first-order chi connectivity index (χ1) is 9.97. The average molecular weight is 336 g/mol. The Balaban J connectivity index is 1.86. The number of nitrogens with zero attached hydrogens (tertiary/aromatic N) is 1. The van der Waals surface area contributed by atoms with Crippen LogP contribution in [0.15, 0.2) is 0 Å². The maximum Gasteiger partial charge on any atom is 0.279 e. The minimum Gasteiger partial charge on any atom is -0.314 e. The third-order valence-corrected chi connectivity index (χ3v) is 6.86. The van der Waals surface area contributed by atoms with Crippen LogP contribution < -0.4 is 10.0 Å². The van der Waals surface area contributed by atoms with Gasteiger partial charge in [0.2, 0.25) is 0 Å². The molecule has 0 spiro atoms. The standard InChI is InChI=1S/C14H29N3O2S2/c1-12(2)15-10-13-4-3-7-17(11-13)21(18,19)16-14-5-8-20-9-6-14/h12-16H,3-11H2,1-2H3. The van der Waals surface area contributed by atoms with Gasteiger partial charge in [-0.2, -0.15) is 29.2 Å². The minimum absolute atomic E-state index is 0.130. The zero-order valence-electron chi connectivity index (χ0n) is 13.2. The van der Waals surface area contributed by atoms with Crippen molar-refractivity contribution in [2.45, 2.75) is 51.6 Å². The summed E-state index contributed by atoms with van der Waals surface area (Å²) in [5, 5.41) is 3.42. The highest BCUT2D eigenvalue weighted by molar-refractivity contribution is 7.99. The van der Waals surface area contributed by atoms with Gasteiger partial charge in [-0.3, -0.25) is 0 Å². The summed E-state index contributed by atoms with van der Waals surface area (Å²) in [6.45, 7) is 6.47. The highest BCUT2D eigenvalue weighted by Gasteiger charge is 2.30. The van der Waals surface area contributed by atoms with E-state index in [2.05, 4.69) is 23.9 Å². The van der Waals surface area contributed by atoms with E-state index < -0.39 is 10.2 Å². The van der Waals surface area contributed by atoms with Crippen molar-refractivity contribution in [1.29, 1.82) is 0 Å². The summed E-state index contributed by atoms with van der Waals surface area (Å²) >= 11 is 1.91. The maximum absolute atomic E-state index is 12.5. The first-order valence-electron chi connectivity index (χ1n) is 8.06. The number of nitrogens with one attached hydrogen (secondary N) is 2. The molecule has 1 unspecified atom stereocenters. The highest BCUT2D eigenvalue weighted by atomic mass is 32.2. The molecule has 2 saturated heterocycles. The van der Waals surface area contributed by atoms with Gasteiger partial charge in [-0.05, 0) is 49.7 Å². The molecule has 5 nitrogen and oxygen atoms in total. The lowest BCUT2D eigenvalue weighted by Crippen LogP contribution is -2.51. The normalized spacial score (nSPS) is 26.3. The Labute approximate surface area is 133 Å². The van der Waals surface area contributed by atoms with Crippen LogP contribution in [-0.4, -0.2) is 55.9 Å². The van der Waals surface area contributed by atoms with E-state index >= 15 is 0 Å². The molecule has 2 aliphatic heterocycles. The van der Waals surface area contributed by atoms with Crippen molar-refractivity contribution in [3.63, 3.8) is 0 Å². The van der Waals surface area contributed by atoms with Crippen molar-refractivity contribution in [2.75, 3.05) is 31.1 Å². The average Bonchev–Trinajstić information content (AvgIpc) is 2.46. The van der Waals surface area contributed by atoms with Crippen molar-refractivity contribution in [2.24, 2.45) is 5.92 Å². The Kier molecular flexibility index (Phi) is 6.80. The van der Waals surface area contributed by atoms with Crippen LogP contribution in [-0.2, 0) is 10.2 Å². The Morgan fingerprint density at radius 3 is 2.62 bits per heavy atom. The first-order valence-corrected chi connectivity index (χ1v) is 10.7. The largest absolute Gasteiger partial charge is 0.314 e. The van der Waals surface area contributed by atoms with Crippen molar-refractivity contribution < 1.29 is 8.42 Å². The molecule has 0 bridgehead atoms. The lowest BCUT2D eigenvalue weighted by atomic mass is 9.99. The molecule has 0 aromatic carbocycles. The molecule has 124 valence electrons. The van der Waals surface area contributed by atoms with Crippen LogP contribution in [0.5, 0.6) is 0 Å². The van der Waals surface area contributed by atoms with E-state index in [0.29, 0.717) is 25.0 Å². The fourth-order valence-electron chi connectivity index (χ4n) is 2.91. The topological polar surface area (TPSA) is 61.4 Å². The zero-order valence-corrected chi connectivity index (χ0v) is 14.8. The number of rotatable bonds is 6. The van der Waals surface area contributed by atoms with Gasteiger partial charge in [-0.25, -0.2) is 0 Å². The molecule has 2 N–H and O–H groups in total. The predicted molar refractivity (Wildman–Crippen MR) is 89.8 cm³/mol. The maximum atomic E-state index is 12.5. The van der Waals surface area contributed by atoms with Crippen molar-refractivity contribution in [1.82, 2.24) is 14.3 Å². The van der Waals surface area contributed by atoms with Gasteiger partial charge in [0.05, 0.1) is 0 Å². The number of hydrogen-bond donors (Lipinski definition) is 2. The Bertz CT molecular complexity index is 408. The van der Waals surface area contributed by atoms with Gasteiger partial charge >= 0.3 is 0 Å². The summed E-state index contributed by atoms with van der Waals surface area (Å²) in [5.74, 6) is 2.56. The van der Waals surface area contributed by atoms with Crippen LogP contribution in [0.25, 0.3) is 0 Å². The monoisotopic (exact) mass is 335 g/mol. The first kappa shape index (κ1) is 17.5. The second-order valence-electron chi connectivity index (χ2n) is 6.44. The molecule has 0 aliphatic carbocycles. The van der Waals surface area contributed by atoms with E-state index in [4.69, 9.17) is 0 Å². The number of hydrogen-bond acceptors (Lipinski definition) is 4. The van der Waals surface area contributed by atoms with Crippen LogP contribution in [0.2, 0.25) is 0 Å². The predicted octanol–water partition coefficient (Wildman–Crippen LogP) is 1.43. The van der Waals surface area contributed by atoms with Gasteiger partial charge < -0.3 is 5.32 Å². The molecule has 0 saturated carbocycles. The highest BCUT2D eigenvalue weighted by Crippen LogP contribution is 2.21. The van der Waals surface area contributed by atoms with Crippen LogP contribution in [0.3, 0.4) is 0 Å². The third-order valence-electron chi connectivity index (χ3n) is 4.17. The summed E-state index contributed by atoms with van der Waals surface area (Å²) < 4.78 is 29.6. The quantitative estimate of drug-likeness (QED) is 0.771. The molecule has 2 fully saturated rings. The van der Waals surface area contributed by atoms with Gasteiger partial charge in [0, 0.05) is 25.2 Å². The molecule has 0 aromatic heterocycles. The summed E-state index contributed by atoms with van der Waals surface area (Å²) in [7, 11) is -3.31. The van der Waals surface area contributed by atoms with Crippen LogP contribution >= 0.6 is 11.8 Å². The van der Waals surface area contributed by atoms with E-state index in [1.807, 2.05) is 11.8 Å². The second-order valence-corrected chi connectivity index (χ2v) is 9.37. The summed E-state index contributed by atoms with van der Waals surface area (Å²) in [6.07, 6.45) is 3.99. The fourth-order valence-corrected chi connectivity index (χ4v) is 5.60. The van der Waals surface area contributed by atoms with Gasteiger partial charge in [0.25, 0.3) is 10.2 Å². The lowest BCUT2D eigenvalue weighted by molar-refractivity contribution is 0.253. The molecule has 2 heterocycles. The number of thioether (sulfide) groups is 1. The molecular formula is C14H29N3O2S2. The summed E-state index contributed by atoms with van der Waals surface area (Å²) in [4.78, 5) is 0. The Morgan fingerprint density at radius 2 is 1.95 bits per heavy atom. The SMILES string of the molecule is CC(C)NCC1CCCN(S(=O)(=O)NC2CCSCC2)C1. The molecule has 0 aromatic rings. The second kappa shape index (κ2) is 8.15. The van der Waals surface area contributed by atoms with Crippen LogP contribution in [0.4, 0.5) is 0 Å². The fraction of sp³-hybridized carbons (Fsp3) is 1.00.